The van der Waals surface area contributed by atoms with Crippen molar-refractivity contribution in [3.63, 3.8) is 0 Å². The van der Waals surface area contributed by atoms with Gasteiger partial charge in [0.1, 0.15) is 5.60 Å². The molecule has 10 heteroatoms. The Morgan fingerprint density at radius 1 is 1.16 bits per heavy atom. The summed E-state index contributed by atoms with van der Waals surface area (Å²) >= 11 is 1.56. The molecule has 208 valence electrons. The molecule has 2 aromatic heterocycles. The fourth-order valence-corrected chi connectivity index (χ4v) is 7.59. The summed E-state index contributed by atoms with van der Waals surface area (Å²) < 4.78 is 39.7. The fraction of sp³-hybridized carbons (Fsp3) is 0.679. The molecule has 6 nitrogen and oxygen atoms in total. The van der Waals surface area contributed by atoms with Gasteiger partial charge in [0.2, 0.25) is 5.91 Å². The maximum Gasteiger partial charge on any atom is 0.417 e. The van der Waals surface area contributed by atoms with Gasteiger partial charge in [0.25, 0.3) is 0 Å². The zero-order valence-electron chi connectivity index (χ0n) is 22.3. The van der Waals surface area contributed by atoms with E-state index in [2.05, 4.69) is 29.1 Å². The van der Waals surface area contributed by atoms with Crippen molar-refractivity contribution in [3.8, 4) is 0 Å². The van der Waals surface area contributed by atoms with Crippen LogP contribution in [-0.2, 0) is 29.5 Å². The highest BCUT2D eigenvalue weighted by Gasteiger charge is 2.50. The predicted octanol–water partition coefficient (Wildman–Crippen LogP) is 5.36. The lowest BCUT2D eigenvalue weighted by atomic mass is 9.73. The molecule has 5 rings (SSSR count). The van der Waals surface area contributed by atoms with E-state index >= 15 is 0 Å². The van der Waals surface area contributed by atoms with E-state index in [0.29, 0.717) is 43.1 Å². The molecule has 0 spiro atoms. The standard InChI is InChI=1S/C28H37F3N4O2S/c1-17(2)26(25(36)35-11-7-23-19(16-35)12-20(14-33-23)28(29,30)31)8-4-22(13-26)34-21-5-9-27(37,10-6-21)24-15-32-18(3)38-24/h12,14-15,17,21-22,34,37H,4-11,13,16H2,1-3H3. The lowest BCUT2D eigenvalue weighted by Crippen LogP contribution is -2.49. The van der Waals surface area contributed by atoms with Gasteiger partial charge in [-0.05, 0) is 69.4 Å². The zero-order chi connectivity index (χ0) is 27.3. The van der Waals surface area contributed by atoms with Crippen molar-refractivity contribution in [2.45, 2.75) is 103 Å². The first-order valence-corrected chi connectivity index (χ1v) is 14.5. The maximum atomic E-state index is 14.0. The van der Waals surface area contributed by atoms with Crippen LogP contribution in [0.3, 0.4) is 0 Å². The van der Waals surface area contributed by atoms with E-state index in [1.165, 1.54) is 0 Å². The van der Waals surface area contributed by atoms with Crippen molar-refractivity contribution in [2.24, 2.45) is 11.3 Å². The Labute approximate surface area is 226 Å². The number of pyridine rings is 1. The molecule has 3 heterocycles. The summed E-state index contributed by atoms with van der Waals surface area (Å²) in [6.07, 6.45) is 4.20. The van der Waals surface area contributed by atoms with Gasteiger partial charge >= 0.3 is 6.18 Å². The van der Waals surface area contributed by atoms with Crippen molar-refractivity contribution in [1.82, 2.24) is 20.2 Å². The molecule has 2 unspecified atom stereocenters. The molecule has 2 atom stereocenters. The molecule has 2 N–H and O–H groups in total. The number of rotatable bonds is 5. The van der Waals surface area contributed by atoms with Gasteiger partial charge in [-0.1, -0.05) is 13.8 Å². The summed E-state index contributed by atoms with van der Waals surface area (Å²) in [5.41, 5.74) is -0.948. The average Bonchev–Trinajstić information content (AvgIpc) is 3.51. The van der Waals surface area contributed by atoms with Crippen LogP contribution < -0.4 is 5.32 Å². The molecule has 0 radical (unpaired) electrons. The normalized spacial score (nSPS) is 30.1. The van der Waals surface area contributed by atoms with E-state index in [1.54, 1.807) is 22.4 Å². The lowest BCUT2D eigenvalue weighted by molar-refractivity contribution is -0.146. The number of aryl methyl sites for hydroxylation is 1. The van der Waals surface area contributed by atoms with Crippen LogP contribution in [0.5, 0.6) is 0 Å². The van der Waals surface area contributed by atoms with E-state index in [-0.39, 0.29) is 24.4 Å². The molecule has 1 amide bonds. The maximum absolute atomic E-state index is 14.0. The van der Waals surface area contributed by atoms with Crippen molar-refractivity contribution >= 4 is 17.2 Å². The topological polar surface area (TPSA) is 78.4 Å². The van der Waals surface area contributed by atoms with E-state index in [9.17, 15) is 23.1 Å². The number of fused-ring (bicyclic) bond motifs is 1. The molecule has 1 aliphatic heterocycles. The third kappa shape index (κ3) is 5.23. The van der Waals surface area contributed by atoms with Gasteiger partial charge in [0.15, 0.2) is 0 Å². The molecule has 2 fully saturated rings. The van der Waals surface area contributed by atoms with Crippen LogP contribution in [0.15, 0.2) is 18.5 Å². The Hall–Kier alpha value is -2.04. The Morgan fingerprint density at radius 2 is 1.87 bits per heavy atom. The Kier molecular flexibility index (Phi) is 7.37. The number of aromatic nitrogens is 2. The van der Waals surface area contributed by atoms with Crippen molar-refractivity contribution in [2.75, 3.05) is 6.54 Å². The number of carbonyl (C=O) groups is 1. The summed E-state index contributed by atoms with van der Waals surface area (Å²) in [5.74, 6) is 0.173. The van der Waals surface area contributed by atoms with Crippen LogP contribution >= 0.6 is 11.3 Å². The second-order valence-electron chi connectivity index (χ2n) is 11.8. The fourth-order valence-electron chi connectivity index (χ4n) is 6.67. The molecule has 0 saturated heterocycles. The van der Waals surface area contributed by atoms with Crippen LogP contribution in [0.4, 0.5) is 13.2 Å². The second kappa shape index (κ2) is 10.2. The molecule has 3 aliphatic rings. The van der Waals surface area contributed by atoms with Gasteiger partial charge in [-0.25, -0.2) is 4.98 Å². The highest BCUT2D eigenvalue weighted by molar-refractivity contribution is 7.11. The van der Waals surface area contributed by atoms with Gasteiger partial charge in [0, 0.05) is 49.7 Å². The second-order valence-corrected chi connectivity index (χ2v) is 13.0. The van der Waals surface area contributed by atoms with Crippen molar-refractivity contribution < 1.29 is 23.1 Å². The van der Waals surface area contributed by atoms with Crippen LogP contribution in [0.2, 0.25) is 0 Å². The van der Waals surface area contributed by atoms with Crippen LogP contribution in [0, 0.1) is 18.3 Å². The highest BCUT2D eigenvalue weighted by Crippen LogP contribution is 2.47. The van der Waals surface area contributed by atoms with Crippen molar-refractivity contribution in [1.29, 1.82) is 0 Å². The van der Waals surface area contributed by atoms with Crippen LogP contribution in [-0.4, -0.2) is 44.5 Å². The van der Waals surface area contributed by atoms with E-state index in [4.69, 9.17) is 0 Å². The number of halogens is 3. The first kappa shape index (κ1) is 27.5. The minimum absolute atomic E-state index is 0.0541. The number of hydrogen-bond acceptors (Lipinski definition) is 6. The SMILES string of the molecule is Cc1ncc(C2(O)CCC(NC3CCC(C(=O)N4CCc5ncc(C(F)(F)F)cc5C4)(C(C)C)C3)CC2)s1. The Bertz CT molecular complexity index is 1180. The highest BCUT2D eigenvalue weighted by atomic mass is 32.1. The summed E-state index contributed by atoms with van der Waals surface area (Å²) in [5, 5.41) is 15.9. The molecule has 0 bridgehead atoms. The molecule has 0 aromatic carbocycles. The summed E-state index contributed by atoms with van der Waals surface area (Å²) in [7, 11) is 0. The van der Waals surface area contributed by atoms with Gasteiger partial charge < -0.3 is 15.3 Å². The lowest BCUT2D eigenvalue weighted by Gasteiger charge is -2.40. The summed E-state index contributed by atoms with van der Waals surface area (Å²) in [4.78, 5) is 25.0. The molecule has 38 heavy (non-hydrogen) atoms. The molecular formula is C28H37F3N4O2S. The minimum atomic E-state index is -4.45. The first-order valence-electron chi connectivity index (χ1n) is 13.7. The molecule has 2 aromatic rings. The monoisotopic (exact) mass is 550 g/mol. The van der Waals surface area contributed by atoms with Gasteiger partial charge in [-0.2, -0.15) is 13.2 Å². The van der Waals surface area contributed by atoms with Crippen LogP contribution in [0.25, 0.3) is 0 Å². The number of alkyl halides is 3. The Balaban J connectivity index is 1.23. The molecular weight excluding hydrogens is 513 g/mol. The molecule has 2 aliphatic carbocycles. The summed E-state index contributed by atoms with van der Waals surface area (Å²) in [6, 6.07) is 1.65. The van der Waals surface area contributed by atoms with E-state index in [0.717, 1.165) is 54.3 Å². The Morgan fingerprint density at radius 3 is 2.50 bits per heavy atom. The molecule has 2 saturated carbocycles. The smallest absolute Gasteiger partial charge is 0.384 e. The van der Waals surface area contributed by atoms with Crippen LogP contribution in [0.1, 0.15) is 85.5 Å². The summed E-state index contributed by atoms with van der Waals surface area (Å²) in [6.45, 7) is 6.77. The van der Waals surface area contributed by atoms with Gasteiger partial charge in [0.05, 0.1) is 20.9 Å². The quantitative estimate of drug-likeness (QED) is 0.524. The first-order chi connectivity index (χ1) is 17.9. The number of hydrogen-bond donors (Lipinski definition) is 2. The van der Waals surface area contributed by atoms with E-state index < -0.39 is 22.8 Å². The van der Waals surface area contributed by atoms with E-state index in [1.807, 2.05) is 6.92 Å². The largest absolute Gasteiger partial charge is 0.417 e. The third-order valence-corrected chi connectivity index (χ3v) is 10.2. The number of amides is 1. The predicted molar refractivity (Wildman–Crippen MR) is 139 cm³/mol. The van der Waals surface area contributed by atoms with Crippen molar-refractivity contribution in [3.05, 3.63) is 45.2 Å². The van der Waals surface area contributed by atoms with Gasteiger partial charge in [-0.15, -0.1) is 11.3 Å². The number of carbonyl (C=O) groups excluding carboxylic acids is 1. The number of nitrogens with one attached hydrogen (secondary N) is 1. The number of nitrogens with zero attached hydrogens (tertiary/aromatic N) is 3. The third-order valence-electron chi connectivity index (χ3n) is 9.10. The number of thiazole rings is 1. The number of aliphatic hydroxyl groups is 1. The average molecular weight is 551 g/mol. The zero-order valence-corrected chi connectivity index (χ0v) is 23.1. The minimum Gasteiger partial charge on any atom is -0.384 e. The van der Waals surface area contributed by atoms with Gasteiger partial charge in [-0.3, -0.25) is 9.78 Å².